The molecule has 0 aliphatic rings. The van der Waals surface area contributed by atoms with Gasteiger partial charge in [-0.05, 0) is 49.2 Å². The fourth-order valence-electron chi connectivity index (χ4n) is 1.81. The van der Waals surface area contributed by atoms with Crippen LogP contribution in [0.25, 0.3) is 0 Å². The van der Waals surface area contributed by atoms with E-state index < -0.39 is 4.92 Å². The van der Waals surface area contributed by atoms with Crippen LogP contribution in [-0.2, 0) is 0 Å². The van der Waals surface area contributed by atoms with E-state index >= 15 is 0 Å². The van der Waals surface area contributed by atoms with E-state index in [-0.39, 0.29) is 11.4 Å². The average molecular weight is 357 g/mol. The summed E-state index contributed by atoms with van der Waals surface area (Å²) in [4.78, 5) is 10.5. The molecule has 0 saturated carbocycles. The lowest BCUT2D eigenvalue weighted by Crippen LogP contribution is -1.94. The Balaban J connectivity index is 2.42. The topological polar surface area (TPSA) is 52.4 Å². The van der Waals surface area contributed by atoms with E-state index in [9.17, 15) is 10.1 Å². The lowest BCUT2D eigenvalue weighted by atomic mass is 10.1. The van der Waals surface area contributed by atoms with Crippen molar-refractivity contribution in [3.05, 3.63) is 61.1 Å². The Hall–Kier alpha value is -1.59. The molecule has 0 aromatic heterocycles. The van der Waals surface area contributed by atoms with Crippen molar-refractivity contribution in [2.24, 2.45) is 0 Å². The molecule has 0 radical (unpaired) electrons. The number of benzene rings is 2. The maximum atomic E-state index is 11.0. The third-order valence-corrected chi connectivity index (χ3v) is 4.24. The van der Waals surface area contributed by atoms with E-state index in [0.717, 1.165) is 15.6 Å². The quantitative estimate of drug-likeness (QED) is 0.545. The molecular formula is C14H11BrClNO3. The lowest BCUT2D eigenvalue weighted by molar-refractivity contribution is -0.385. The van der Waals surface area contributed by atoms with Crippen molar-refractivity contribution in [3.63, 3.8) is 0 Å². The second kappa shape index (κ2) is 5.81. The van der Waals surface area contributed by atoms with Gasteiger partial charge in [0.15, 0.2) is 0 Å². The Morgan fingerprint density at radius 2 is 1.80 bits per heavy atom. The van der Waals surface area contributed by atoms with Gasteiger partial charge >= 0.3 is 5.69 Å². The van der Waals surface area contributed by atoms with Crippen molar-refractivity contribution < 1.29 is 9.66 Å². The monoisotopic (exact) mass is 355 g/mol. The van der Waals surface area contributed by atoms with Gasteiger partial charge in [-0.1, -0.05) is 27.5 Å². The van der Waals surface area contributed by atoms with E-state index in [1.165, 1.54) is 12.1 Å². The zero-order chi connectivity index (χ0) is 14.9. The van der Waals surface area contributed by atoms with Crippen LogP contribution in [0.15, 0.2) is 34.8 Å². The molecule has 2 aromatic rings. The van der Waals surface area contributed by atoms with Crippen LogP contribution in [0.3, 0.4) is 0 Å². The van der Waals surface area contributed by atoms with Gasteiger partial charge in [0.25, 0.3) is 0 Å². The molecule has 0 N–H and O–H groups in total. The van der Waals surface area contributed by atoms with Crippen molar-refractivity contribution in [2.45, 2.75) is 13.8 Å². The molecule has 0 fully saturated rings. The molecule has 2 aromatic carbocycles. The molecule has 2 rings (SSSR count). The highest BCUT2D eigenvalue weighted by Gasteiger charge is 2.17. The first-order chi connectivity index (χ1) is 9.38. The van der Waals surface area contributed by atoms with Gasteiger partial charge in [-0.15, -0.1) is 0 Å². The number of aryl methyl sites for hydroxylation is 2. The molecule has 0 bridgehead atoms. The van der Waals surface area contributed by atoms with Gasteiger partial charge in [-0.25, -0.2) is 0 Å². The highest BCUT2D eigenvalue weighted by atomic mass is 79.9. The number of hydrogen-bond acceptors (Lipinski definition) is 3. The minimum absolute atomic E-state index is 0.157. The molecule has 0 atom stereocenters. The van der Waals surface area contributed by atoms with E-state index in [2.05, 4.69) is 15.9 Å². The van der Waals surface area contributed by atoms with Crippen LogP contribution in [0, 0.1) is 24.0 Å². The van der Waals surface area contributed by atoms with E-state index in [0.29, 0.717) is 10.8 Å². The minimum Gasteiger partial charge on any atom is -0.450 e. The second-order valence-corrected chi connectivity index (χ2v) is 5.57. The molecular weight excluding hydrogens is 346 g/mol. The predicted octanol–water partition coefficient (Wildman–Crippen LogP) is 5.42. The van der Waals surface area contributed by atoms with Crippen molar-refractivity contribution in [1.29, 1.82) is 0 Å². The lowest BCUT2D eigenvalue weighted by Gasteiger charge is -2.10. The Morgan fingerprint density at radius 3 is 2.35 bits per heavy atom. The predicted molar refractivity (Wildman–Crippen MR) is 81.8 cm³/mol. The normalized spacial score (nSPS) is 10.4. The van der Waals surface area contributed by atoms with Crippen molar-refractivity contribution in [3.8, 4) is 11.5 Å². The summed E-state index contributed by atoms with van der Waals surface area (Å²) < 4.78 is 6.62. The van der Waals surface area contributed by atoms with Gasteiger partial charge in [-0.2, -0.15) is 0 Å². The highest BCUT2D eigenvalue weighted by Crippen LogP contribution is 2.35. The zero-order valence-electron chi connectivity index (χ0n) is 10.8. The molecule has 0 amide bonds. The number of nitrogens with zero attached hydrogens (tertiary/aromatic N) is 1. The minimum atomic E-state index is -0.514. The summed E-state index contributed by atoms with van der Waals surface area (Å²) in [5.41, 5.74) is 1.84. The van der Waals surface area contributed by atoms with Gasteiger partial charge in [0.05, 0.1) is 4.92 Å². The molecule has 4 nitrogen and oxygen atoms in total. The summed E-state index contributed by atoms with van der Waals surface area (Å²) in [5, 5.41) is 11.3. The number of nitro benzene ring substituents is 1. The first-order valence-corrected chi connectivity index (χ1v) is 6.94. The van der Waals surface area contributed by atoms with Crippen molar-refractivity contribution in [1.82, 2.24) is 0 Å². The summed E-state index contributed by atoms with van der Waals surface area (Å²) in [6.07, 6.45) is 0. The maximum absolute atomic E-state index is 11.0. The van der Waals surface area contributed by atoms with Gasteiger partial charge in [0.1, 0.15) is 5.75 Å². The van der Waals surface area contributed by atoms with Gasteiger partial charge in [0, 0.05) is 15.6 Å². The third-order valence-electron chi connectivity index (χ3n) is 2.76. The molecule has 0 aliphatic carbocycles. The molecule has 0 spiro atoms. The number of rotatable bonds is 3. The zero-order valence-corrected chi connectivity index (χ0v) is 13.2. The van der Waals surface area contributed by atoms with Gasteiger partial charge < -0.3 is 4.74 Å². The number of nitro groups is 1. The largest absolute Gasteiger partial charge is 0.450 e. The summed E-state index contributed by atoms with van der Waals surface area (Å²) in [6.45, 7) is 3.86. The molecule has 0 saturated heterocycles. The van der Waals surface area contributed by atoms with Crippen LogP contribution in [-0.4, -0.2) is 4.92 Å². The average Bonchev–Trinajstić information content (AvgIpc) is 2.37. The van der Waals surface area contributed by atoms with E-state index in [1.54, 1.807) is 6.07 Å². The molecule has 6 heteroatoms. The molecule has 104 valence electrons. The summed E-state index contributed by atoms with van der Waals surface area (Å²) >= 11 is 9.23. The van der Waals surface area contributed by atoms with E-state index in [4.69, 9.17) is 16.3 Å². The first kappa shape index (κ1) is 14.8. The molecule has 20 heavy (non-hydrogen) atoms. The number of ether oxygens (including phenoxy) is 1. The van der Waals surface area contributed by atoms with E-state index in [1.807, 2.05) is 26.0 Å². The first-order valence-electron chi connectivity index (χ1n) is 5.77. The standard InChI is InChI=1S/C14H11BrClNO3/c1-8-5-11(6-9(2)14(8)15)20-13-4-3-10(16)7-12(13)17(18)19/h3-7H,1-2H3. The summed E-state index contributed by atoms with van der Waals surface area (Å²) in [5.74, 6) is 0.717. The van der Waals surface area contributed by atoms with Crippen LogP contribution in [0.5, 0.6) is 11.5 Å². The van der Waals surface area contributed by atoms with Crippen molar-refractivity contribution in [2.75, 3.05) is 0 Å². The highest BCUT2D eigenvalue weighted by molar-refractivity contribution is 9.10. The van der Waals surface area contributed by atoms with Crippen LogP contribution in [0.2, 0.25) is 5.02 Å². The fourth-order valence-corrected chi connectivity index (χ4v) is 2.21. The third kappa shape index (κ3) is 3.11. The van der Waals surface area contributed by atoms with Crippen molar-refractivity contribution >= 4 is 33.2 Å². The SMILES string of the molecule is Cc1cc(Oc2ccc(Cl)cc2[N+](=O)[O-])cc(C)c1Br. The summed E-state index contributed by atoms with van der Waals surface area (Å²) in [7, 11) is 0. The smallest absolute Gasteiger partial charge is 0.313 e. The van der Waals surface area contributed by atoms with Gasteiger partial charge in [0.2, 0.25) is 5.75 Å². The number of hydrogen-bond donors (Lipinski definition) is 0. The Labute approximate surface area is 129 Å². The molecule has 0 unspecified atom stereocenters. The van der Waals surface area contributed by atoms with Crippen LogP contribution >= 0.6 is 27.5 Å². The van der Waals surface area contributed by atoms with Crippen LogP contribution < -0.4 is 4.74 Å². The Bertz CT molecular complexity index is 665. The second-order valence-electron chi connectivity index (χ2n) is 4.34. The van der Waals surface area contributed by atoms with Gasteiger partial charge in [-0.3, -0.25) is 10.1 Å². The maximum Gasteiger partial charge on any atom is 0.313 e. The molecule has 0 heterocycles. The summed E-state index contributed by atoms with van der Waals surface area (Å²) in [6, 6.07) is 7.95. The van der Waals surface area contributed by atoms with Crippen LogP contribution in [0.1, 0.15) is 11.1 Å². The van der Waals surface area contributed by atoms with Crippen LogP contribution in [0.4, 0.5) is 5.69 Å². The number of halogens is 2. The Kier molecular flexibility index (Phi) is 4.30. The molecule has 0 aliphatic heterocycles. The Morgan fingerprint density at radius 1 is 1.20 bits per heavy atom. The fraction of sp³-hybridized carbons (Fsp3) is 0.143.